The second kappa shape index (κ2) is 4.71. The molecule has 0 radical (unpaired) electrons. The summed E-state index contributed by atoms with van der Waals surface area (Å²) in [5.41, 5.74) is 5.53. The maximum atomic E-state index is 5.67. The molecular weight excluding hydrogens is 188 g/mol. The molecule has 3 nitrogen and oxygen atoms in total. The Bertz CT molecular complexity index is 308. The van der Waals surface area contributed by atoms with Crippen LogP contribution in [0.2, 0.25) is 0 Å². The molecule has 1 aromatic rings. The van der Waals surface area contributed by atoms with E-state index in [-0.39, 0.29) is 0 Å². The van der Waals surface area contributed by atoms with E-state index in [1.54, 1.807) is 0 Å². The summed E-state index contributed by atoms with van der Waals surface area (Å²) in [7, 11) is 0. The summed E-state index contributed by atoms with van der Waals surface area (Å²) in [6.07, 6.45) is 3.90. The highest BCUT2D eigenvalue weighted by Crippen LogP contribution is 2.26. The van der Waals surface area contributed by atoms with Gasteiger partial charge in [-0.15, -0.1) is 0 Å². The molecule has 1 aromatic heterocycles. The molecule has 1 atom stereocenters. The van der Waals surface area contributed by atoms with Crippen molar-refractivity contribution < 1.29 is 4.42 Å². The third kappa shape index (κ3) is 2.34. The highest BCUT2D eigenvalue weighted by molar-refractivity contribution is 5.37. The third-order valence-electron chi connectivity index (χ3n) is 3.26. The van der Waals surface area contributed by atoms with E-state index in [0.29, 0.717) is 6.54 Å². The molecule has 84 valence electrons. The molecule has 0 aliphatic carbocycles. The monoisotopic (exact) mass is 208 g/mol. The zero-order chi connectivity index (χ0) is 10.7. The summed E-state index contributed by atoms with van der Waals surface area (Å²) >= 11 is 0. The van der Waals surface area contributed by atoms with Gasteiger partial charge in [0.1, 0.15) is 5.76 Å². The molecule has 1 aliphatic heterocycles. The Kier molecular flexibility index (Phi) is 3.31. The minimum absolute atomic E-state index is 0.491. The van der Waals surface area contributed by atoms with Crippen LogP contribution in [-0.4, -0.2) is 13.1 Å². The van der Waals surface area contributed by atoms with E-state index in [1.807, 2.05) is 12.1 Å². The normalized spacial score (nSPS) is 22.0. The maximum Gasteiger partial charge on any atom is 0.195 e. The quantitative estimate of drug-likeness (QED) is 0.829. The number of anilines is 1. The molecule has 2 heterocycles. The van der Waals surface area contributed by atoms with E-state index in [4.69, 9.17) is 10.2 Å². The molecule has 1 unspecified atom stereocenters. The number of hydrogen-bond acceptors (Lipinski definition) is 3. The van der Waals surface area contributed by atoms with Gasteiger partial charge in [0.05, 0.1) is 6.54 Å². The van der Waals surface area contributed by atoms with Gasteiger partial charge in [-0.1, -0.05) is 13.3 Å². The Labute approximate surface area is 91.2 Å². The molecule has 1 fully saturated rings. The van der Waals surface area contributed by atoms with Crippen molar-refractivity contribution >= 4 is 5.88 Å². The average Bonchev–Trinajstić information content (AvgIpc) is 2.78. The number of rotatable bonds is 3. The highest BCUT2D eigenvalue weighted by Gasteiger charge is 2.20. The van der Waals surface area contributed by atoms with Crippen LogP contribution in [0.3, 0.4) is 0 Å². The lowest BCUT2D eigenvalue weighted by Crippen LogP contribution is -2.34. The van der Waals surface area contributed by atoms with E-state index in [9.17, 15) is 0 Å². The molecule has 0 spiro atoms. The first-order chi connectivity index (χ1) is 7.33. The van der Waals surface area contributed by atoms with Crippen LogP contribution in [0, 0.1) is 5.92 Å². The number of nitrogens with two attached hydrogens (primary N) is 1. The van der Waals surface area contributed by atoms with Crippen LogP contribution in [0.25, 0.3) is 0 Å². The fourth-order valence-electron chi connectivity index (χ4n) is 2.24. The lowest BCUT2D eigenvalue weighted by molar-refractivity contribution is 0.383. The molecule has 0 saturated carbocycles. The molecule has 2 N–H and O–H groups in total. The van der Waals surface area contributed by atoms with Gasteiger partial charge >= 0.3 is 0 Å². The zero-order valence-corrected chi connectivity index (χ0v) is 9.41. The van der Waals surface area contributed by atoms with Crippen LogP contribution >= 0.6 is 0 Å². The Hall–Kier alpha value is -0.960. The van der Waals surface area contributed by atoms with Crippen LogP contribution in [0.15, 0.2) is 16.5 Å². The van der Waals surface area contributed by atoms with Gasteiger partial charge in [0.25, 0.3) is 0 Å². The zero-order valence-electron chi connectivity index (χ0n) is 9.41. The SMILES string of the molecule is CCC1CCCN(c2ccc(CN)o2)C1. The average molecular weight is 208 g/mol. The van der Waals surface area contributed by atoms with Crippen LogP contribution in [-0.2, 0) is 6.54 Å². The smallest absolute Gasteiger partial charge is 0.195 e. The summed E-state index contributed by atoms with van der Waals surface area (Å²) in [6.45, 7) is 5.01. The third-order valence-corrected chi connectivity index (χ3v) is 3.26. The Morgan fingerprint density at radius 2 is 2.40 bits per heavy atom. The number of hydrogen-bond donors (Lipinski definition) is 1. The second-order valence-corrected chi connectivity index (χ2v) is 4.31. The van der Waals surface area contributed by atoms with Crippen LogP contribution < -0.4 is 10.6 Å². The van der Waals surface area contributed by atoms with Crippen molar-refractivity contribution in [2.24, 2.45) is 11.7 Å². The minimum Gasteiger partial charge on any atom is -0.444 e. The molecule has 0 bridgehead atoms. The van der Waals surface area contributed by atoms with E-state index in [1.165, 1.54) is 19.3 Å². The molecule has 1 aliphatic rings. The number of nitrogens with zero attached hydrogens (tertiary/aromatic N) is 1. The predicted octanol–water partition coefficient (Wildman–Crippen LogP) is 2.36. The molecule has 0 amide bonds. The summed E-state index contributed by atoms with van der Waals surface area (Å²) in [6, 6.07) is 4.02. The lowest BCUT2D eigenvalue weighted by atomic mass is 9.96. The minimum atomic E-state index is 0.491. The Morgan fingerprint density at radius 3 is 3.07 bits per heavy atom. The summed E-state index contributed by atoms with van der Waals surface area (Å²) in [5.74, 6) is 2.70. The second-order valence-electron chi connectivity index (χ2n) is 4.31. The van der Waals surface area contributed by atoms with Gasteiger partial charge in [0.15, 0.2) is 5.88 Å². The van der Waals surface area contributed by atoms with Gasteiger partial charge in [-0.3, -0.25) is 0 Å². The fourth-order valence-corrected chi connectivity index (χ4v) is 2.24. The first-order valence-electron chi connectivity index (χ1n) is 5.87. The molecular formula is C12H20N2O. The standard InChI is InChI=1S/C12H20N2O/c1-2-10-4-3-7-14(9-10)12-6-5-11(8-13)15-12/h5-6,10H,2-4,7-9,13H2,1H3. The van der Waals surface area contributed by atoms with Crippen LogP contribution in [0.1, 0.15) is 31.9 Å². The van der Waals surface area contributed by atoms with Crippen molar-refractivity contribution in [1.82, 2.24) is 0 Å². The molecule has 3 heteroatoms. The van der Waals surface area contributed by atoms with E-state index in [2.05, 4.69) is 11.8 Å². The van der Waals surface area contributed by atoms with Crippen molar-refractivity contribution in [2.45, 2.75) is 32.7 Å². The van der Waals surface area contributed by atoms with Crippen LogP contribution in [0.5, 0.6) is 0 Å². The molecule has 2 rings (SSSR count). The van der Waals surface area contributed by atoms with Crippen molar-refractivity contribution in [3.8, 4) is 0 Å². The fraction of sp³-hybridized carbons (Fsp3) is 0.667. The summed E-state index contributed by atoms with van der Waals surface area (Å²) in [5, 5.41) is 0. The van der Waals surface area contributed by atoms with Crippen molar-refractivity contribution in [2.75, 3.05) is 18.0 Å². The van der Waals surface area contributed by atoms with Gasteiger partial charge in [0, 0.05) is 19.2 Å². The topological polar surface area (TPSA) is 42.4 Å². The summed E-state index contributed by atoms with van der Waals surface area (Å²) in [4.78, 5) is 2.34. The van der Waals surface area contributed by atoms with Gasteiger partial charge in [0.2, 0.25) is 0 Å². The Morgan fingerprint density at radius 1 is 1.53 bits per heavy atom. The van der Waals surface area contributed by atoms with E-state index >= 15 is 0 Å². The van der Waals surface area contributed by atoms with E-state index in [0.717, 1.165) is 30.7 Å². The van der Waals surface area contributed by atoms with E-state index < -0.39 is 0 Å². The Balaban J connectivity index is 2.03. The molecule has 1 saturated heterocycles. The highest BCUT2D eigenvalue weighted by atomic mass is 16.4. The first kappa shape index (κ1) is 10.6. The van der Waals surface area contributed by atoms with Crippen molar-refractivity contribution in [3.63, 3.8) is 0 Å². The van der Waals surface area contributed by atoms with Gasteiger partial charge in [-0.25, -0.2) is 0 Å². The largest absolute Gasteiger partial charge is 0.444 e. The first-order valence-corrected chi connectivity index (χ1v) is 5.87. The van der Waals surface area contributed by atoms with Gasteiger partial charge in [-0.2, -0.15) is 0 Å². The number of piperidine rings is 1. The number of furan rings is 1. The van der Waals surface area contributed by atoms with Crippen molar-refractivity contribution in [1.29, 1.82) is 0 Å². The lowest BCUT2D eigenvalue weighted by Gasteiger charge is -2.31. The maximum absolute atomic E-state index is 5.67. The van der Waals surface area contributed by atoms with Gasteiger partial charge in [-0.05, 0) is 24.8 Å². The van der Waals surface area contributed by atoms with Gasteiger partial charge < -0.3 is 15.1 Å². The van der Waals surface area contributed by atoms with Crippen molar-refractivity contribution in [3.05, 3.63) is 17.9 Å². The predicted molar refractivity (Wildman–Crippen MR) is 61.8 cm³/mol. The molecule has 15 heavy (non-hydrogen) atoms. The van der Waals surface area contributed by atoms with Crippen LogP contribution in [0.4, 0.5) is 5.88 Å². The molecule has 0 aromatic carbocycles. The summed E-state index contributed by atoms with van der Waals surface area (Å²) < 4.78 is 5.67.